The van der Waals surface area contributed by atoms with Gasteiger partial charge < -0.3 is 28.6 Å². The zero-order valence-corrected chi connectivity index (χ0v) is 43.1. The fraction of sp³-hybridized carbons (Fsp3) is 0.707. The molecule has 0 aromatic heterocycles. The normalized spacial score (nSPS) is 13.5. The standard InChI is InChI=1S/C58H99NO7/c1-6-8-10-12-14-16-18-20-22-24-26-27-28-29-31-33-35-37-39-41-43-45-47-49-57(61)66-54(52-64-51-50-55(58(62)63)59(3,4)5)53-65-56(60)48-46-44-42-40-38-36-34-32-30-25-23-21-19-17-15-13-11-9-7-2/h9,11,13,15,17,19,21,23,25,30,32,34,36,38,54-55H,6-8,10,12,14,16,18,20,22,24,26-29,31,33,35,37,39-53H2,1-5H3/b11-9+,15-13+,19-17+,23-21+,30-25+,34-32+,38-36+. The highest BCUT2D eigenvalue weighted by molar-refractivity contribution is 5.70. The van der Waals surface area contributed by atoms with Gasteiger partial charge in [-0.3, -0.25) is 9.59 Å². The number of hydrogen-bond acceptors (Lipinski definition) is 7. The SMILES string of the molecule is CC/C=C/C=C/C=C/C=C/C=C/C=C/C=C/CCCCCC(=O)OCC(COCCC(C(=O)[O-])[N+](C)(C)C)OC(=O)CCCCCCCCCCCCCCCCCCCCCCCCC. The first-order chi connectivity index (χ1) is 32.1. The minimum atomic E-state index is -1.13. The van der Waals surface area contributed by atoms with E-state index >= 15 is 0 Å². The molecule has 0 aliphatic rings. The van der Waals surface area contributed by atoms with Crippen molar-refractivity contribution in [1.82, 2.24) is 0 Å². The lowest BCUT2D eigenvalue weighted by molar-refractivity contribution is -0.889. The van der Waals surface area contributed by atoms with E-state index in [0.717, 1.165) is 44.9 Å². The lowest BCUT2D eigenvalue weighted by atomic mass is 10.0. The van der Waals surface area contributed by atoms with Crippen LogP contribution >= 0.6 is 0 Å². The molecule has 8 nitrogen and oxygen atoms in total. The Bertz CT molecular complexity index is 1350. The molecule has 0 rings (SSSR count). The molecular weight excluding hydrogens is 823 g/mol. The Morgan fingerprint density at radius 2 is 0.848 bits per heavy atom. The molecule has 0 amide bonds. The van der Waals surface area contributed by atoms with Gasteiger partial charge in [0.15, 0.2) is 6.10 Å². The Labute approximate surface area is 405 Å². The molecule has 0 saturated carbocycles. The van der Waals surface area contributed by atoms with Crippen LogP contribution in [0.3, 0.4) is 0 Å². The number of allylic oxidation sites excluding steroid dienone is 14. The Balaban J connectivity index is 4.28. The summed E-state index contributed by atoms with van der Waals surface area (Å²) in [5.74, 6) is -1.79. The third-order valence-corrected chi connectivity index (χ3v) is 11.7. The second-order valence-electron chi connectivity index (χ2n) is 18.9. The number of quaternary nitrogens is 1. The van der Waals surface area contributed by atoms with Gasteiger partial charge in [-0.25, -0.2) is 0 Å². The quantitative estimate of drug-likeness (QED) is 0.0259. The number of unbranched alkanes of at least 4 members (excludes halogenated alkanes) is 25. The maximum atomic E-state index is 12.8. The number of ether oxygens (including phenoxy) is 3. The minimum absolute atomic E-state index is 0.0230. The number of rotatable bonds is 47. The zero-order chi connectivity index (χ0) is 48.4. The summed E-state index contributed by atoms with van der Waals surface area (Å²) >= 11 is 0. The molecule has 2 unspecified atom stereocenters. The highest BCUT2D eigenvalue weighted by Crippen LogP contribution is 2.16. The number of carbonyl (C=O) groups excluding carboxylic acids is 3. The number of nitrogens with zero attached hydrogens (tertiary/aromatic N) is 1. The van der Waals surface area contributed by atoms with E-state index in [-0.39, 0.29) is 42.7 Å². The van der Waals surface area contributed by atoms with E-state index in [0.29, 0.717) is 19.3 Å². The smallest absolute Gasteiger partial charge is 0.306 e. The summed E-state index contributed by atoms with van der Waals surface area (Å²) in [6, 6.07) is -0.737. The summed E-state index contributed by atoms with van der Waals surface area (Å²) in [4.78, 5) is 37.1. The van der Waals surface area contributed by atoms with Gasteiger partial charge in [0, 0.05) is 19.3 Å². The Kier molecular flexibility index (Phi) is 45.4. The van der Waals surface area contributed by atoms with Gasteiger partial charge in [0.25, 0.3) is 0 Å². The molecule has 8 heteroatoms. The van der Waals surface area contributed by atoms with Crippen molar-refractivity contribution >= 4 is 17.9 Å². The molecule has 0 aliphatic heterocycles. The van der Waals surface area contributed by atoms with Crippen LogP contribution in [0.1, 0.15) is 213 Å². The molecule has 0 bridgehead atoms. The number of carbonyl (C=O) groups is 3. The Morgan fingerprint density at radius 3 is 1.26 bits per heavy atom. The van der Waals surface area contributed by atoms with Crippen molar-refractivity contribution in [2.24, 2.45) is 0 Å². The van der Waals surface area contributed by atoms with Gasteiger partial charge in [-0.1, -0.05) is 247 Å². The number of hydrogen-bond donors (Lipinski definition) is 0. The van der Waals surface area contributed by atoms with Crippen molar-refractivity contribution in [3.05, 3.63) is 85.1 Å². The summed E-state index contributed by atoms with van der Waals surface area (Å²) in [6.07, 6.45) is 63.4. The highest BCUT2D eigenvalue weighted by Gasteiger charge is 2.25. The summed E-state index contributed by atoms with van der Waals surface area (Å²) in [7, 11) is 5.40. The number of carboxylic acids is 1. The fourth-order valence-electron chi connectivity index (χ4n) is 7.64. The van der Waals surface area contributed by atoms with Gasteiger partial charge in [-0.2, -0.15) is 0 Å². The van der Waals surface area contributed by atoms with E-state index < -0.39 is 18.1 Å². The van der Waals surface area contributed by atoms with Crippen LogP contribution in [0.15, 0.2) is 85.1 Å². The monoisotopic (exact) mass is 922 g/mol. The van der Waals surface area contributed by atoms with E-state index in [1.165, 1.54) is 128 Å². The second-order valence-corrected chi connectivity index (χ2v) is 18.9. The molecule has 0 aliphatic carbocycles. The molecule has 0 spiro atoms. The number of carboxylic acid groups (broad SMARTS) is 1. The maximum Gasteiger partial charge on any atom is 0.306 e. The van der Waals surface area contributed by atoms with Crippen molar-refractivity contribution in [1.29, 1.82) is 0 Å². The van der Waals surface area contributed by atoms with Gasteiger partial charge in [0.1, 0.15) is 12.6 Å². The zero-order valence-electron chi connectivity index (χ0n) is 43.1. The third kappa shape index (κ3) is 45.7. The van der Waals surface area contributed by atoms with E-state index in [9.17, 15) is 19.5 Å². The van der Waals surface area contributed by atoms with Gasteiger partial charge in [-0.05, 0) is 32.1 Å². The second kappa shape index (κ2) is 48.0. The van der Waals surface area contributed by atoms with Crippen molar-refractivity contribution in [3.63, 3.8) is 0 Å². The molecule has 0 radical (unpaired) electrons. The first-order valence-electron chi connectivity index (χ1n) is 26.7. The van der Waals surface area contributed by atoms with Gasteiger partial charge in [-0.15, -0.1) is 0 Å². The van der Waals surface area contributed by atoms with Crippen LogP contribution in [0, 0.1) is 0 Å². The summed E-state index contributed by atoms with van der Waals surface area (Å²) in [6.45, 7) is 4.49. The van der Waals surface area contributed by atoms with E-state index in [1.807, 2.05) is 72.9 Å². The van der Waals surface area contributed by atoms with Crippen molar-refractivity contribution in [2.45, 2.75) is 225 Å². The first-order valence-corrected chi connectivity index (χ1v) is 26.7. The average molecular weight is 922 g/mol. The van der Waals surface area contributed by atoms with E-state index in [1.54, 1.807) is 21.1 Å². The van der Waals surface area contributed by atoms with Gasteiger partial charge in [0.2, 0.25) is 0 Å². The predicted octanol–water partition coefficient (Wildman–Crippen LogP) is 14.3. The van der Waals surface area contributed by atoms with Crippen LogP contribution < -0.4 is 5.11 Å². The van der Waals surface area contributed by atoms with Crippen LogP contribution in [0.25, 0.3) is 0 Å². The van der Waals surface area contributed by atoms with Crippen molar-refractivity contribution < 1.29 is 38.2 Å². The molecule has 0 aromatic carbocycles. The summed E-state index contributed by atoms with van der Waals surface area (Å²) in [5.41, 5.74) is 0. The van der Waals surface area contributed by atoms with Gasteiger partial charge >= 0.3 is 11.9 Å². The summed E-state index contributed by atoms with van der Waals surface area (Å²) in [5, 5.41) is 11.7. The fourth-order valence-corrected chi connectivity index (χ4v) is 7.64. The van der Waals surface area contributed by atoms with E-state index in [2.05, 4.69) is 26.0 Å². The van der Waals surface area contributed by atoms with Crippen molar-refractivity contribution in [2.75, 3.05) is 41.0 Å². The average Bonchev–Trinajstić information content (AvgIpc) is 3.28. The number of aliphatic carboxylic acids is 1. The van der Waals surface area contributed by atoms with Gasteiger partial charge in [0.05, 0.1) is 40.3 Å². The van der Waals surface area contributed by atoms with Crippen molar-refractivity contribution in [3.8, 4) is 0 Å². The van der Waals surface area contributed by atoms with Crippen LogP contribution in [0.4, 0.5) is 0 Å². The number of esters is 2. The Hall–Kier alpha value is -3.49. The molecule has 0 saturated heterocycles. The third-order valence-electron chi connectivity index (χ3n) is 11.7. The van der Waals surface area contributed by atoms with Crippen LogP contribution in [-0.4, -0.2) is 75.5 Å². The predicted molar refractivity (Wildman–Crippen MR) is 277 cm³/mol. The highest BCUT2D eigenvalue weighted by atomic mass is 16.6. The topological polar surface area (TPSA) is 102 Å². The molecule has 66 heavy (non-hydrogen) atoms. The molecule has 0 N–H and O–H groups in total. The molecule has 2 atom stereocenters. The lowest BCUT2D eigenvalue weighted by Gasteiger charge is -2.34. The summed E-state index contributed by atoms with van der Waals surface area (Å²) < 4.78 is 17.2. The molecule has 378 valence electrons. The lowest BCUT2D eigenvalue weighted by Crippen LogP contribution is -2.55. The molecule has 0 fully saturated rings. The maximum absolute atomic E-state index is 12.8. The van der Waals surface area contributed by atoms with Crippen LogP contribution in [-0.2, 0) is 28.6 Å². The van der Waals surface area contributed by atoms with E-state index in [4.69, 9.17) is 14.2 Å². The Morgan fingerprint density at radius 1 is 0.470 bits per heavy atom. The molecular formula is C58H99NO7. The van der Waals surface area contributed by atoms with Crippen LogP contribution in [0.2, 0.25) is 0 Å². The number of likely N-dealkylation sites (N-methyl/N-ethyl adjacent to an activating group) is 1. The first kappa shape index (κ1) is 62.5. The van der Waals surface area contributed by atoms with Crippen LogP contribution in [0.5, 0.6) is 0 Å². The largest absolute Gasteiger partial charge is 0.544 e. The molecule has 0 aromatic rings. The molecule has 0 heterocycles. The minimum Gasteiger partial charge on any atom is -0.544 e.